The molecule has 1 aromatic heterocycles. The van der Waals surface area contributed by atoms with Crippen LogP contribution in [0.3, 0.4) is 0 Å². The van der Waals surface area contributed by atoms with Gasteiger partial charge in [0.15, 0.2) is 5.82 Å². The van der Waals surface area contributed by atoms with Crippen molar-refractivity contribution < 1.29 is 13.2 Å². The maximum Gasteiger partial charge on any atom is 0.263 e. The number of rotatable bonds is 7. The second-order valence-corrected chi connectivity index (χ2v) is 9.61. The van der Waals surface area contributed by atoms with Gasteiger partial charge in [-0.05, 0) is 67.6 Å². The number of halogens is 1. The van der Waals surface area contributed by atoms with E-state index in [1.807, 2.05) is 37.3 Å². The Balaban J connectivity index is 1.71. The van der Waals surface area contributed by atoms with Crippen LogP contribution in [-0.4, -0.2) is 25.0 Å². The van der Waals surface area contributed by atoms with E-state index in [4.69, 9.17) is 16.3 Å². The Hall–Kier alpha value is -2.81. The molecule has 0 saturated carbocycles. The lowest BCUT2D eigenvalue weighted by Crippen LogP contribution is -2.15. The number of nitrogens with zero attached hydrogens (tertiary/aromatic N) is 2. The number of fused-ring (bicyclic) bond motifs is 1. The molecule has 0 aliphatic rings. The Bertz CT molecular complexity index is 1310. The molecule has 0 aliphatic heterocycles. The molecule has 3 aromatic carbocycles. The van der Waals surface area contributed by atoms with Crippen molar-refractivity contribution in [1.82, 2.24) is 9.97 Å². The van der Waals surface area contributed by atoms with Crippen LogP contribution in [0.1, 0.15) is 6.92 Å². The van der Waals surface area contributed by atoms with Crippen LogP contribution in [-0.2, 0) is 10.0 Å². The van der Waals surface area contributed by atoms with E-state index >= 15 is 0 Å². The topological polar surface area (TPSA) is 81.2 Å². The van der Waals surface area contributed by atoms with E-state index in [9.17, 15) is 8.42 Å². The summed E-state index contributed by atoms with van der Waals surface area (Å²) >= 11 is 7.28. The first kappa shape index (κ1) is 21.4. The van der Waals surface area contributed by atoms with Crippen LogP contribution in [0.2, 0.25) is 5.02 Å². The average Bonchev–Trinajstić information content (AvgIpc) is 2.76. The van der Waals surface area contributed by atoms with Gasteiger partial charge in [0.25, 0.3) is 10.0 Å². The van der Waals surface area contributed by atoms with Crippen molar-refractivity contribution in [3.05, 3.63) is 77.8 Å². The van der Waals surface area contributed by atoms with Gasteiger partial charge in [0.2, 0.25) is 0 Å². The molecule has 1 N–H and O–H groups in total. The molecule has 0 saturated heterocycles. The molecular formula is C22H18ClN3O3S2. The van der Waals surface area contributed by atoms with Gasteiger partial charge in [0, 0.05) is 9.92 Å². The standard InChI is InChI=1S/C22H18ClN3O3S2/c1-2-29-16-9-13-18(14-10-16)31(27,28)26-21-22(30-17-11-7-15(23)8-12-17)25-20-6-4-3-5-19(20)24-21/h3-14H,2H2,1H3,(H,24,26). The van der Waals surface area contributed by atoms with Crippen LogP contribution < -0.4 is 9.46 Å². The minimum atomic E-state index is -3.88. The zero-order chi connectivity index (χ0) is 21.8. The first-order valence-electron chi connectivity index (χ1n) is 9.40. The maximum absolute atomic E-state index is 13.0. The van der Waals surface area contributed by atoms with E-state index in [0.717, 1.165) is 4.90 Å². The van der Waals surface area contributed by atoms with Crippen molar-refractivity contribution in [2.45, 2.75) is 21.7 Å². The van der Waals surface area contributed by atoms with Crippen LogP contribution in [0.25, 0.3) is 11.0 Å². The van der Waals surface area contributed by atoms with Gasteiger partial charge >= 0.3 is 0 Å². The summed E-state index contributed by atoms with van der Waals surface area (Å²) in [4.78, 5) is 10.1. The number of benzene rings is 3. The number of sulfonamides is 1. The van der Waals surface area contributed by atoms with Crippen molar-refractivity contribution in [3.63, 3.8) is 0 Å². The molecule has 0 atom stereocenters. The molecule has 4 rings (SSSR count). The van der Waals surface area contributed by atoms with E-state index in [0.29, 0.717) is 33.4 Å². The molecule has 0 radical (unpaired) electrons. The normalized spacial score (nSPS) is 11.4. The fraction of sp³-hybridized carbons (Fsp3) is 0.0909. The molecule has 0 aliphatic carbocycles. The van der Waals surface area contributed by atoms with Crippen LogP contribution in [0.15, 0.2) is 87.6 Å². The predicted molar refractivity (Wildman–Crippen MR) is 124 cm³/mol. The van der Waals surface area contributed by atoms with Gasteiger partial charge in [-0.2, -0.15) is 0 Å². The van der Waals surface area contributed by atoms with Gasteiger partial charge < -0.3 is 4.74 Å². The number of hydrogen-bond donors (Lipinski definition) is 1. The van der Waals surface area contributed by atoms with Crippen molar-refractivity contribution in [1.29, 1.82) is 0 Å². The van der Waals surface area contributed by atoms with Crippen molar-refractivity contribution in [2.24, 2.45) is 0 Å². The SMILES string of the molecule is CCOc1ccc(S(=O)(=O)Nc2nc3ccccc3nc2Sc2ccc(Cl)cc2)cc1. The Labute approximate surface area is 189 Å². The van der Waals surface area contributed by atoms with Crippen LogP contribution in [0, 0.1) is 0 Å². The quantitative estimate of drug-likeness (QED) is 0.376. The summed E-state index contributed by atoms with van der Waals surface area (Å²) in [6.07, 6.45) is 0. The second kappa shape index (κ2) is 9.13. The number of anilines is 1. The fourth-order valence-corrected chi connectivity index (χ4v) is 4.84. The number of nitrogens with one attached hydrogen (secondary N) is 1. The largest absolute Gasteiger partial charge is 0.494 e. The molecule has 6 nitrogen and oxygen atoms in total. The van der Waals surface area contributed by atoms with Gasteiger partial charge in [-0.3, -0.25) is 4.72 Å². The molecule has 0 unspecified atom stereocenters. The summed E-state index contributed by atoms with van der Waals surface area (Å²) in [5, 5.41) is 1.06. The molecular weight excluding hydrogens is 454 g/mol. The van der Waals surface area contributed by atoms with Crippen LogP contribution in [0.4, 0.5) is 5.82 Å². The number of hydrogen-bond acceptors (Lipinski definition) is 6. The summed E-state index contributed by atoms with van der Waals surface area (Å²) in [7, 11) is -3.88. The maximum atomic E-state index is 13.0. The Morgan fingerprint density at radius 2 is 1.58 bits per heavy atom. The number of aromatic nitrogens is 2. The fourth-order valence-electron chi connectivity index (χ4n) is 2.80. The lowest BCUT2D eigenvalue weighted by atomic mass is 10.3. The third-order valence-corrected chi connectivity index (χ3v) is 6.84. The highest BCUT2D eigenvalue weighted by Gasteiger charge is 2.19. The molecule has 0 spiro atoms. The first-order chi connectivity index (χ1) is 14.9. The van der Waals surface area contributed by atoms with E-state index < -0.39 is 10.0 Å². The van der Waals surface area contributed by atoms with Gasteiger partial charge in [-0.15, -0.1) is 0 Å². The summed E-state index contributed by atoms with van der Waals surface area (Å²) < 4.78 is 34.0. The van der Waals surface area contributed by atoms with Crippen LogP contribution in [0.5, 0.6) is 5.75 Å². The molecule has 4 aromatic rings. The van der Waals surface area contributed by atoms with Gasteiger partial charge in [0.1, 0.15) is 10.8 Å². The summed E-state index contributed by atoms with van der Waals surface area (Å²) in [6, 6.07) is 20.7. The Morgan fingerprint density at radius 1 is 0.935 bits per heavy atom. The zero-order valence-corrected chi connectivity index (χ0v) is 18.8. The summed E-state index contributed by atoms with van der Waals surface area (Å²) in [5.74, 6) is 0.762. The minimum absolute atomic E-state index is 0.105. The summed E-state index contributed by atoms with van der Waals surface area (Å²) in [6.45, 7) is 2.37. The summed E-state index contributed by atoms with van der Waals surface area (Å²) in [5.41, 5.74) is 1.26. The zero-order valence-electron chi connectivity index (χ0n) is 16.4. The second-order valence-electron chi connectivity index (χ2n) is 6.43. The molecule has 158 valence electrons. The number of ether oxygens (including phenoxy) is 1. The average molecular weight is 472 g/mol. The lowest BCUT2D eigenvalue weighted by molar-refractivity contribution is 0.340. The Kier molecular flexibility index (Phi) is 6.31. The highest BCUT2D eigenvalue weighted by Crippen LogP contribution is 2.34. The minimum Gasteiger partial charge on any atom is -0.494 e. The third-order valence-electron chi connectivity index (χ3n) is 4.24. The highest BCUT2D eigenvalue weighted by atomic mass is 35.5. The molecule has 9 heteroatoms. The van der Waals surface area contributed by atoms with E-state index in [-0.39, 0.29) is 10.7 Å². The van der Waals surface area contributed by atoms with Crippen LogP contribution >= 0.6 is 23.4 Å². The number of para-hydroxylation sites is 2. The molecule has 0 fully saturated rings. The van der Waals surface area contributed by atoms with E-state index in [1.165, 1.54) is 23.9 Å². The van der Waals surface area contributed by atoms with Gasteiger partial charge in [0.05, 0.1) is 22.5 Å². The van der Waals surface area contributed by atoms with Gasteiger partial charge in [-0.25, -0.2) is 18.4 Å². The smallest absolute Gasteiger partial charge is 0.263 e. The monoisotopic (exact) mass is 471 g/mol. The van der Waals surface area contributed by atoms with E-state index in [1.54, 1.807) is 30.3 Å². The Morgan fingerprint density at radius 3 is 2.23 bits per heavy atom. The van der Waals surface area contributed by atoms with Crippen molar-refractivity contribution in [2.75, 3.05) is 11.3 Å². The lowest BCUT2D eigenvalue weighted by Gasteiger charge is -2.12. The third kappa shape index (κ3) is 5.10. The molecule has 0 amide bonds. The predicted octanol–water partition coefficient (Wildman–Crippen LogP) is 5.63. The first-order valence-corrected chi connectivity index (χ1v) is 12.1. The van der Waals surface area contributed by atoms with Crippen molar-refractivity contribution in [3.8, 4) is 5.75 Å². The van der Waals surface area contributed by atoms with Crippen molar-refractivity contribution >= 4 is 50.2 Å². The molecule has 0 bridgehead atoms. The molecule has 31 heavy (non-hydrogen) atoms. The van der Waals surface area contributed by atoms with E-state index in [2.05, 4.69) is 14.7 Å². The highest BCUT2D eigenvalue weighted by molar-refractivity contribution is 7.99. The molecule has 1 heterocycles. The van der Waals surface area contributed by atoms with Gasteiger partial charge in [-0.1, -0.05) is 35.5 Å².